The standard InChI is InChI=1S/C25H20BrN5O2S/c1-34(32,33)19-10-7-16(8-11-19)13-22-23(26)24(27)31-25(30-22)20(15-29-31)18-9-12-21(28-14-18)17-5-3-2-4-6-17/h2-12,14-15H,13,27H2,1H3. The Morgan fingerprint density at radius 3 is 2.32 bits per heavy atom. The van der Waals surface area contributed by atoms with Crippen molar-refractivity contribution < 1.29 is 8.42 Å². The van der Waals surface area contributed by atoms with E-state index in [-0.39, 0.29) is 4.90 Å². The SMILES string of the molecule is CS(=O)(=O)c1ccc(Cc2nc3c(-c4ccc(-c5ccccc5)nc4)cnn3c(N)c2Br)cc1. The fourth-order valence-electron chi connectivity index (χ4n) is 3.75. The van der Waals surface area contributed by atoms with Crippen LogP contribution in [0, 0.1) is 0 Å². The molecule has 0 bridgehead atoms. The number of nitrogens with zero attached hydrogens (tertiary/aromatic N) is 4. The minimum atomic E-state index is -3.25. The Morgan fingerprint density at radius 1 is 0.941 bits per heavy atom. The van der Waals surface area contributed by atoms with Crippen LogP contribution in [-0.2, 0) is 16.3 Å². The van der Waals surface area contributed by atoms with Gasteiger partial charge in [-0.25, -0.2) is 13.4 Å². The van der Waals surface area contributed by atoms with E-state index in [2.05, 4.69) is 26.0 Å². The van der Waals surface area contributed by atoms with Gasteiger partial charge >= 0.3 is 0 Å². The average molecular weight is 534 g/mol. The Hall–Kier alpha value is -3.56. The smallest absolute Gasteiger partial charge is 0.175 e. The third kappa shape index (κ3) is 4.20. The first-order valence-electron chi connectivity index (χ1n) is 10.4. The van der Waals surface area contributed by atoms with E-state index in [1.165, 1.54) is 6.26 Å². The summed E-state index contributed by atoms with van der Waals surface area (Å²) in [6, 6.07) is 20.7. The molecule has 170 valence electrons. The van der Waals surface area contributed by atoms with Crippen LogP contribution < -0.4 is 5.73 Å². The number of nitrogens with two attached hydrogens (primary N) is 1. The quantitative estimate of drug-likeness (QED) is 0.348. The highest BCUT2D eigenvalue weighted by atomic mass is 79.9. The van der Waals surface area contributed by atoms with Crippen LogP contribution >= 0.6 is 15.9 Å². The van der Waals surface area contributed by atoms with Gasteiger partial charge in [0.15, 0.2) is 15.5 Å². The number of halogens is 1. The zero-order chi connectivity index (χ0) is 23.9. The van der Waals surface area contributed by atoms with Crippen molar-refractivity contribution in [2.75, 3.05) is 12.0 Å². The Kier molecular flexibility index (Phi) is 5.66. The molecule has 0 amide bonds. The van der Waals surface area contributed by atoms with Crippen LogP contribution in [0.3, 0.4) is 0 Å². The number of hydrogen-bond acceptors (Lipinski definition) is 6. The molecule has 0 atom stereocenters. The first-order valence-corrected chi connectivity index (χ1v) is 13.1. The molecule has 34 heavy (non-hydrogen) atoms. The molecule has 0 radical (unpaired) electrons. The Morgan fingerprint density at radius 2 is 1.68 bits per heavy atom. The van der Waals surface area contributed by atoms with Crippen molar-refractivity contribution in [2.24, 2.45) is 0 Å². The van der Waals surface area contributed by atoms with Crippen molar-refractivity contribution >= 4 is 37.2 Å². The molecule has 0 fully saturated rings. The lowest BCUT2D eigenvalue weighted by Gasteiger charge is -2.10. The molecule has 2 N–H and O–H groups in total. The van der Waals surface area contributed by atoms with Crippen LogP contribution in [0.15, 0.2) is 88.5 Å². The fourth-order valence-corrected chi connectivity index (χ4v) is 4.77. The second-order valence-corrected chi connectivity index (χ2v) is 10.8. The predicted octanol–water partition coefficient (Wildman–Crippen LogP) is 4.80. The number of benzene rings is 2. The van der Waals surface area contributed by atoms with Gasteiger partial charge in [0.1, 0.15) is 5.82 Å². The van der Waals surface area contributed by atoms with E-state index < -0.39 is 9.84 Å². The predicted molar refractivity (Wildman–Crippen MR) is 136 cm³/mol. The van der Waals surface area contributed by atoms with E-state index in [1.807, 2.05) is 48.7 Å². The summed E-state index contributed by atoms with van der Waals surface area (Å²) >= 11 is 3.55. The zero-order valence-electron chi connectivity index (χ0n) is 18.2. The molecule has 2 aromatic carbocycles. The normalized spacial score (nSPS) is 11.7. The highest BCUT2D eigenvalue weighted by Gasteiger charge is 2.17. The average Bonchev–Trinajstić information content (AvgIpc) is 3.27. The third-order valence-corrected chi connectivity index (χ3v) is 7.55. The molecule has 0 unspecified atom stereocenters. The maximum atomic E-state index is 11.7. The first kappa shape index (κ1) is 22.2. The highest BCUT2D eigenvalue weighted by Crippen LogP contribution is 2.31. The second-order valence-electron chi connectivity index (χ2n) is 7.94. The largest absolute Gasteiger partial charge is 0.383 e. The number of hydrogen-bond donors (Lipinski definition) is 1. The van der Waals surface area contributed by atoms with E-state index in [0.29, 0.717) is 22.4 Å². The molecule has 0 aliphatic heterocycles. The molecule has 0 aliphatic carbocycles. The van der Waals surface area contributed by atoms with Gasteiger partial charge in [0.25, 0.3) is 0 Å². The molecule has 5 aromatic rings. The van der Waals surface area contributed by atoms with Crippen molar-refractivity contribution in [1.29, 1.82) is 0 Å². The summed E-state index contributed by atoms with van der Waals surface area (Å²) in [5.74, 6) is 0.438. The van der Waals surface area contributed by atoms with Crippen LogP contribution in [0.4, 0.5) is 5.82 Å². The molecule has 0 spiro atoms. The fraction of sp³-hybridized carbons (Fsp3) is 0.0800. The van der Waals surface area contributed by atoms with E-state index in [4.69, 9.17) is 10.7 Å². The molecule has 9 heteroatoms. The lowest BCUT2D eigenvalue weighted by atomic mass is 10.1. The number of sulfone groups is 1. The second kappa shape index (κ2) is 8.66. The number of fused-ring (bicyclic) bond motifs is 1. The molecular formula is C25H20BrN5O2S. The van der Waals surface area contributed by atoms with Gasteiger partial charge in [0, 0.05) is 35.6 Å². The van der Waals surface area contributed by atoms with Crippen molar-refractivity contribution in [3.63, 3.8) is 0 Å². The van der Waals surface area contributed by atoms with Crippen molar-refractivity contribution in [3.05, 3.63) is 94.9 Å². The van der Waals surface area contributed by atoms with Crippen molar-refractivity contribution in [2.45, 2.75) is 11.3 Å². The third-order valence-electron chi connectivity index (χ3n) is 5.56. The summed E-state index contributed by atoms with van der Waals surface area (Å²) in [7, 11) is -3.25. The minimum absolute atomic E-state index is 0.280. The van der Waals surface area contributed by atoms with Gasteiger partial charge in [-0.05, 0) is 39.7 Å². The van der Waals surface area contributed by atoms with Crippen LogP contribution in [0.1, 0.15) is 11.3 Å². The summed E-state index contributed by atoms with van der Waals surface area (Å²) in [5, 5.41) is 4.43. The minimum Gasteiger partial charge on any atom is -0.383 e. The summed E-state index contributed by atoms with van der Waals surface area (Å²) in [4.78, 5) is 9.74. The molecule has 0 saturated carbocycles. The van der Waals surface area contributed by atoms with Gasteiger partial charge in [-0.2, -0.15) is 9.61 Å². The number of aromatic nitrogens is 4. The molecule has 0 saturated heterocycles. The monoisotopic (exact) mass is 533 g/mol. The summed E-state index contributed by atoms with van der Waals surface area (Å²) in [6.07, 6.45) is 5.20. The Balaban J connectivity index is 1.52. The van der Waals surface area contributed by atoms with Crippen molar-refractivity contribution in [1.82, 2.24) is 19.6 Å². The van der Waals surface area contributed by atoms with Gasteiger partial charge in [-0.1, -0.05) is 48.5 Å². The van der Waals surface area contributed by atoms with Crippen LogP contribution in [0.2, 0.25) is 0 Å². The molecule has 3 heterocycles. The number of pyridine rings is 1. The Labute approximate surface area is 205 Å². The maximum Gasteiger partial charge on any atom is 0.175 e. The summed E-state index contributed by atoms with van der Waals surface area (Å²) in [5.41, 5.74) is 12.3. The molecule has 7 nitrogen and oxygen atoms in total. The number of nitrogen functional groups attached to an aromatic ring is 1. The van der Waals surface area contributed by atoms with Gasteiger partial charge in [-0.3, -0.25) is 4.98 Å². The van der Waals surface area contributed by atoms with Gasteiger partial charge in [0.05, 0.1) is 27.0 Å². The molecular weight excluding hydrogens is 514 g/mol. The Bertz CT molecular complexity index is 1600. The van der Waals surface area contributed by atoms with Crippen molar-refractivity contribution in [3.8, 4) is 22.4 Å². The molecule has 0 aliphatic rings. The summed E-state index contributed by atoms with van der Waals surface area (Å²) < 4.78 is 25.7. The van der Waals surface area contributed by atoms with Gasteiger partial charge in [0.2, 0.25) is 0 Å². The zero-order valence-corrected chi connectivity index (χ0v) is 20.6. The molecule has 5 rings (SSSR count). The summed E-state index contributed by atoms with van der Waals surface area (Å²) in [6.45, 7) is 0. The molecule has 3 aromatic heterocycles. The van der Waals surface area contributed by atoms with Crippen LogP contribution in [-0.4, -0.2) is 34.3 Å². The van der Waals surface area contributed by atoms with E-state index >= 15 is 0 Å². The topological polar surface area (TPSA) is 103 Å². The van der Waals surface area contributed by atoms with Gasteiger partial charge < -0.3 is 5.73 Å². The first-order chi connectivity index (χ1) is 16.3. The van der Waals surface area contributed by atoms with E-state index in [1.54, 1.807) is 35.0 Å². The number of rotatable bonds is 5. The van der Waals surface area contributed by atoms with Gasteiger partial charge in [-0.15, -0.1) is 0 Å². The van der Waals surface area contributed by atoms with Crippen LogP contribution in [0.5, 0.6) is 0 Å². The van der Waals surface area contributed by atoms with Crippen LogP contribution in [0.25, 0.3) is 28.0 Å². The van der Waals surface area contributed by atoms with E-state index in [0.717, 1.165) is 33.6 Å². The number of anilines is 1. The highest BCUT2D eigenvalue weighted by molar-refractivity contribution is 9.10. The lowest BCUT2D eigenvalue weighted by Crippen LogP contribution is -2.06. The lowest BCUT2D eigenvalue weighted by molar-refractivity contribution is 0.602. The maximum absolute atomic E-state index is 11.7. The van der Waals surface area contributed by atoms with E-state index in [9.17, 15) is 8.42 Å².